The van der Waals surface area contributed by atoms with E-state index in [2.05, 4.69) is 31.0 Å². The first-order chi connectivity index (χ1) is 14.2. The lowest BCUT2D eigenvalue weighted by Gasteiger charge is -2.29. The van der Waals surface area contributed by atoms with E-state index in [9.17, 15) is 17.6 Å². The molecule has 1 atom stereocenters. The molecular formula is C20H24BrFN4O3S. The van der Waals surface area contributed by atoms with E-state index in [1.54, 1.807) is 12.1 Å². The molecule has 1 aromatic heterocycles. The predicted octanol–water partition coefficient (Wildman–Crippen LogP) is 3.28. The van der Waals surface area contributed by atoms with Crippen molar-refractivity contribution in [2.75, 3.05) is 5.73 Å². The van der Waals surface area contributed by atoms with Crippen molar-refractivity contribution in [1.29, 1.82) is 0 Å². The van der Waals surface area contributed by atoms with Crippen LogP contribution in [-0.4, -0.2) is 25.4 Å². The first-order valence-corrected chi connectivity index (χ1v) is 11.9. The first-order valence-electron chi connectivity index (χ1n) is 9.65. The zero-order chi connectivity index (χ0) is 21.9. The molecule has 162 valence electrons. The Morgan fingerprint density at radius 1 is 1.23 bits per heavy atom. The Balaban J connectivity index is 1.53. The van der Waals surface area contributed by atoms with Gasteiger partial charge in [-0.1, -0.05) is 12.1 Å². The Kier molecular flexibility index (Phi) is 7.10. The summed E-state index contributed by atoms with van der Waals surface area (Å²) in [5.41, 5.74) is 6.44. The van der Waals surface area contributed by atoms with Crippen LogP contribution >= 0.6 is 15.9 Å². The van der Waals surface area contributed by atoms with E-state index in [-0.39, 0.29) is 40.4 Å². The summed E-state index contributed by atoms with van der Waals surface area (Å²) in [4.78, 5) is 16.5. The molecule has 1 saturated carbocycles. The van der Waals surface area contributed by atoms with Crippen LogP contribution < -0.4 is 15.8 Å². The minimum Gasteiger partial charge on any atom is -0.383 e. The van der Waals surface area contributed by atoms with Gasteiger partial charge in [-0.25, -0.2) is 22.5 Å². The second-order valence-corrected chi connectivity index (χ2v) is 10.1. The van der Waals surface area contributed by atoms with Crippen molar-refractivity contribution in [1.82, 2.24) is 15.0 Å². The van der Waals surface area contributed by atoms with Gasteiger partial charge in [-0.05, 0) is 72.3 Å². The number of aromatic nitrogens is 1. The molecule has 4 N–H and O–H groups in total. The van der Waals surface area contributed by atoms with E-state index in [1.807, 2.05) is 6.92 Å². The second-order valence-electron chi connectivity index (χ2n) is 7.49. The number of hydrogen-bond acceptors (Lipinski definition) is 5. The fraction of sp³-hybridized carbons (Fsp3) is 0.400. The zero-order valence-electron chi connectivity index (χ0n) is 16.4. The third-order valence-corrected chi connectivity index (χ3v) is 7.43. The van der Waals surface area contributed by atoms with Crippen molar-refractivity contribution in [3.8, 4) is 0 Å². The van der Waals surface area contributed by atoms with E-state index >= 15 is 0 Å². The number of halogens is 2. The summed E-state index contributed by atoms with van der Waals surface area (Å²) < 4.78 is 41.3. The number of hydrogen-bond donors (Lipinski definition) is 3. The van der Waals surface area contributed by atoms with Crippen molar-refractivity contribution in [2.24, 2.45) is 5.92 Å². The molecule has 7 nitrogen and oxygen atoms in total. The highest BCUT2D eigenvalue weighted by molar-refractivity contribution is 9.10. The molecule has 0 radical (unpaired) electrons. The quantitative estimate of drug-likeness (QED) is 0.565. The average Bonchev–Trinajstić information content (AvgIpc) is 2.70. The number of rotatable bonds is 6. The van der Waals surface area contributed by atoms with Crippen LogP contribution in [0.2, 0.25) is 0 Å². The molecule has 2 aromatic rings. The molecule has 1 amide bonds. The minimum atomic E-state index is -3.72. The lowest BCUT2D eigenvalue weighted by atomic mass is 9.85. The van der Waals surface area contributed by atoms with Crippen molar-refractivity contribution >= 4 is 37.7 Å². The number of nitrogens with one attached hydrogen (secondary N) is 2. The third kappa shape index (κ3) is 5.55. The van der Waals surface area contributed by atoms with Crippen molar-refractivity contribution in [3.63, 3.8) is 0 Å². The number of anilines is 1. The van der Waals surface area contributed by atoms with Crippen LogP contribution in [0.15, 0.2) is 45.9 Å². The molecule has 0 saturated heterocycles. The van der Waals surface area contributed by atoms with Gasteiger partial charge in [0.05, 0.1) is 10.5 Å². The second kappa shape index (κ2) is 9.40. The number of carbonyl (C=O) groups excluding carboxylic acids is 1. The Labute approximate surface area is 183 Å². The molecule has 0 spiro atoms. The van der Waals surface area contributed by atoms with E-state index < -0.39 is 10.0 Å². The fourth-order valence-corrected chi connectivity index (χ4v) is 5.28. The molecule has 1 heterocycles. The number of nitrogens with zero attached hydrogens (tertiary/aromatic N) is 1. The predicted molar refractivity (Wildman–Crippen MR) is 115 cm³/mol. The molecule has 3 rings (SSSR count). The van der Waals surface area contributed by atoms with Gasteiger partial charge >= 0.3 is 0 Å². The number of sulfonamides is 1. The maximum absolute atomic E-state index is 13.1. The Bertz CT molecular complexity index is 1010. The van der Waals surface area contributed by atoms with Gasteiger partial charge in [0.1, 0.15) is 16.5 Å². The summed E-state index contributed by atoms with van der Waals surface area (Å²) in [6, 6.07) is 6.97. The monoisotopic (exact) mass is 498 g/mol. The SMILES string of the molecule is CC(NC(=O)C1CCC(NS(=O)(=O)c2cnc(N)c(Br)c2)CC1)c1ccc(F)cc1. The third-order valence-electron chi connectivity index (χ3n) is 5.30. The highest BCUT2D eigenvalue weighted by atomic mass is 79.9. The number of amides is 1. The number of pyridine rings is 1. The summed E-state index contributed by atoms with van der Waals surface area (Å²) in [6.45, 7) is 1.85. The number of carbonyl (C=O) groups is 1. The number of benzene rings is 1. The minimum absolute atomic E-state index is 0.0385. The van der Waals surface area contributed by atoms with Gasteiger partial charge in [0, 0.05) is 18.2 Å². The standard InChI is InChI=1S/C20H24BrFN4O3S/c1-12(13-2-6-15(22)7-3-13)25-20(27)14-4-8-16(9-5-14)26-30(28,29)17-10-18(21)19(23)24-11-17/h2-3,6-7,10-12,14,16,26H,4-5,8-9H2,1H3,(H2,23,24)(H,25,27). The summed E-state index contributed by atoms with van der Waals surface area (Å²) in [5, 5.41) is 2.96. The van der Waals surface area contributed by atoms with Gasteiger partial charge in [-0.2, -0.15) is 0 Å². The van der Waals surface area contributed by atoms with Crippen LogP contribution in [0.1, 0.15) is 44.2 Å². The van der Waals surface area contributed by atoms with E-state index in [1.165, 1.54) is 24.4 Å². The molecule has 0 aliphatic heterocycles. The van der Waals surface area contributed by atoms with Gasteiger partial charge in [-0.3, -0.25) is 4.79 Å². The van der Waals surface area contributed by atoms with Crippen LogP contribution in [0.25, 0.3) is 0 Å². The number of nitrogen functional groups attached to an aromatic ring is 1. The summed E-state index contributed by atoms with van der Waals surface area (Å²) >= 11 is 3.18. The molecule has 10 heteroatoms. The smallest absolute Gasteiger partial charge is 0.242 e. The lowest BCUT2D eigenvalue weighted by Crippen LogP contribution is -2.41. The van der Waals surface area contributed by atoms with Crippen molar-refractivity contribution < 1.29 is 17.6 Å². The Hall–Kier alpha value is -2.04. The Morgan fingerprint density at radius 2 is 1.87 bits per heavy atom. The molecule has 30 heavy (non-hydrogen) atoms. The molecule has 1 unspecified atom stereocenters. The van der Waals surface area contributed by atoms with Crippen LogP contribution in [0.4, 0.5) is 10.2 Å². The maximum Gasteiger partial charge on any atom is 0.242 e. The zero-order valence-corrected chi connectivity index (χ0v) is 18.8. The highest BCUT2D eigenvalue weighted by Crippen LogP contribution is 2.27. The molecule has 1 aromatic carbocycles. The van der Waals surface area contributed by atoms with Gasteiger partial charge in [0.15, 0.2) is 0 Å². The van der Waals surface area contributed by atoms with Gasteiger partial charge < -0.3 is 11.1 Å². The lowest BCUT2D eigenvalue weighted by molar-refractivity contribution is -0.126. The largest absolute Gasteiger partial charge is 0.383 e. The maximum atomic E-state index is 13.1. The topological polar surface area (TPSA) is 114 Å². The van der Waals surface area contributed by atoms with Crippen LogP contribution in [0.3, 0.4) is 0 Å². The normalized spacial score (nSPS) is 20.5. The van der Waals surface area contributed by atoms with Crippen LogP contribution in [0, 0.1) is 11.7 Å². The van der Waals surface area contributed by atoms with Crippen LogP contribution in [-0.2, 0) is 14.8 Å². The van der Waals surface area contributed by atoms with Crippen molar-refractivity contribution in [2.45, 2.75) is 49.6 Å². The first kappa shape index (κ1) is 22.6. The van der Waals surface area contributed by atoms with E-state index in [0.717, 1.165) is 5.56 Å². The fourth-order valence-electron chi connectivity index (χ4n) is 3.50. The highest BCUT2D eigenvalue weighted by Gasteiger charge is 2.30. The van der Waals surface area contributed by atoms with E-state index in [4.69, 9.17) is 5.73 Å². The van der Waals surface area contributed by atoms with Gasteiger partial charge in [0.2, 0.25) is 15.9 Å². The van der Waals surface area contributed by atoms with Crippen molar-refractivity contribution in [3.05, 3.63) is 52.4 Å². The van der Waals surface area contributed by atoms with Gasteiger partial charge in [-0.15, -0.1) is 0 Å². The average molecular weight is 499 g/mol. The summed E-state index contributed by atoms with van der Waals surface area (Å²) in [6.07, 6.45) is 3.51. The molecule has 0 bridgehead atoms. The van der Waals surface area contributed by atoms with Crippen LogP contribution in [0.5, 0.6) is 0 Å². The van der Waals surface area contributed by atoms with Gasteiger partial charge in [0.25, 0.3) is 0 Å². The summed E-state index contributed by atoms with van der Waals surface area (Å²) in [7, 11) is -3.72. The molecule has 1 aliphatic carbocycles. The molecular weight excluding hydrogens is 475 g/mol. The Morgan fingerprint density at radius 3 is 2.47 bits per heavy atom. The van der Waals surface area contributed by atoms with E-state index in [0.29, 0.717) is 30.2 Å². The summed E-state index contributed by atoms with van der Waals surface area (Å²) in [5.74, 6) is -0.351. The molecule has 1 aliphatic rings. The molecule has 1 fully saturated rings. The number of nitrogens with two attached hydrogens (primary N) is 1.